The molecule has 0 aromatic carbocycles. The largest absolute Gasteiger partial charge is 0.389 e. The number of rotatable bonds is 19. The van der Waals surface area contributed by atoms with E-state index in [9.17, 15) is 5.11 Å². The first-order valence-corrected chi connectivity index (χ1v) is 10.8. The fourth-order valence-electron chi connectivity index (χ4n) is 3.09. The maximum atomic E-state index is 9.39. The first kappa shape index (κ1) is 23.9. The smallest absolute Gasteiger partial charge is 0.130 e. The summed E-state index contributed by atoms with van der Waals surface area (Å²) in [5.41, 5.74) is 0. The molecule has 0 saturated heterocycles. The third kappa shape index (κ3) is 18.2. The Hall–Kier alpha value is -0.120. The van der Waals surface area contributed by atoms with Crippen LogP contribution in [0.5, 0.6) is 0 Å². The highest BCUT2D eigenvalue weighted by Gasteiger charge is 2.08. The number of hydrogen-bond acceptors (Lipinski definition) is 3. The molecular formula is C21H45NO2. The molecule has 0 radical (unpaired) electrons. The zero-order chi connectivity index (χ0) is 17.9. The average Bonchev–Trinajstić information content (AvgIpc) is 2.57. The molecule has 0 aliphatic carbocycles. The summed E-state index contributed by atoms with van der Waals surface area (Å²) in [6, 6.07) is 0. The lowest BCUT2D eigenvalue weighted by Crippen LogP contribution is -2.38. The molecule has 24 heavy (non-hydrogen) atoms. The van der Waals surface area contributed by atoms with E-state index in [1.54, 1.807) is 6.92 Å². The van der Waals surface area contributed by atoms with Gasteiger partial charge in [-0.3, -0.25) is 5.32 Å². The van der Waals surface area contributed by atoms with Crippen LogP contribution in [0.1, 0.15) is 117 Å². The van der Waals surface area contributed by atoms with Gasteiger partial charge in [-0.05, 0) is 19.9 Å². The van der Waals surface area contributed by atoms with E-state index in [1.807, 2.05) is 0 Å². The summed E-state index contributed by atoms with van der Waals surface area (Å²) in [5.74, 6) is 0. The lowest BCUT2D eigenvalue weighted by molar-refractivity contribution is 0.00933. The highest BCUT2D eigenvalue weighted by molar-refractivity contribution is 4.59. The molecule has 0 aliphatic heterocycles. The van der Waals surface area contributed by atoms with E-state index >= 15 is 0 Å². The molecule has 146 valence electrons. The molecule has 0 heterocycles. The number of unbranched alkanes of at least 4 members (excludes halogenated alkanes) is 15. The number of hydrogen-bond donors (Lipinski definition) is 3. The highest BCUT2D eigenvalue weighted by atomic mass is 16.3. The molecular weight excluding hydrogens is 298 g/mol. The predicted molar refractivity (Wildman–Crippen MR) is 105 cm³/mol. The van der Waals surface area contributed by atoms with Gasteiger partial charge < -0.3 is 10.2 Å². The van der Waals surface area contributed by atoms with E-state index in [1.165, 1.54) is 96.3 Å². The second kappa shape index (κ2) is 19.2. The molecule has 0 bridgehead atoms. The summed E-state index contributed by atoms with van der Waals surface area (Å²) in [5, 5.41) is 21.5. The average molecular weight is 344 g/mol. The topological polar surface area (TPSA) is 52.5 Å². The third-order valence-corrected chi connectivity index (χ3v) is 4.84. The van der Waals surface area contributed by atoms with Crippen molar-refractivity contribution in [1.29, 1.82) is 0 Å². The van der Waals surface area contributed by atoms with Crippen LogP contribution in [0, 0.1) is 0 Å². The molecule has 2 unspecified atom stereocenters. The second-order valence-electron chi connectivity index (χ2n) is 7.44. The molecule has 0 spiro atoms. The molecule has 0 rings (SSSR count). The first-order valence-electron chi connectivity index (χ1n) is 10.8. The van der Waals surface area contributed by atoms with Crippen LogP contribution in [-0.4, -0.2) is 29.1 Å². The van der Waals surface area contributed by atoms with Crippen molar-refractivity contribution in [2.24, 2.45) is 0 Å². The second-order valence-corrected chi connectivity index (χ2v) is 7.44. The summed E-state index contributed by atoms with van der Waals surface area (Å²) >= 11 is 0. The fraction of sp³-hybridized carbons (Fsp3) is 1.00. The maximum absolute atomic E-state index is 9.39. The minimum atomic E-state index is -0.777. The van der Waals surface area contributed by atoms with Crippen LogP contribution in [0.4, 0.5) is 0 Å². The molecule has 0 aromatic heterocycles. The lowest BCUT2D eigenvalue weighted by Gasteiger charge is -2.14. The van der Waals surface area contributed by atoms with Gasteiger partial charge in [-0.2, -0.15) is 0 Å². The molecule has 0 fully saturated rings. The Morgan fingerprint density at radius 3 is 1.25 bits per heavy atom. The Kier molecular flexibility index (Phi) is 19.1. The van der Waals surface area contributed by atoms with Crippen LogP contribution in [-0.2, 0) is 0 Å². The summed E-state index contributed by atoms with van der Waals surface area (Å²) in [7, 11) is 0. The number of nitrogens with one attached hydrogen (secondary N) is 1. The monoisotopic (exact) mass is 343 g/mol. The van der Waals surface area contributed by atoms with Gasteiger partial charge in [0, 0.05) is 0 Å². The molecule has 0 saturated carbocycles. The van der Waals surface area contributed by atoms with Gasteiger partial charge in [-0.15, -0.1) is 0 Å². The zero-order valence-corrected chi connectivity index (χ0v) is 16.6. The summed E-state index contributed by atoms with van der Waals surface area (Å²) < 4.78 is 0. The van der Waals surface area contributed by atoms with Crippen molar-refractivity contribution in [3.63, 3.8) is 0 Å². The molecule has 0 aliphatic rings. The zero-order valence-electron chi connectivity index (χ0n) is 16.6. The van der Waals surface area contributed by atoms with Gasteiger partial charge in [0.2, 0.25) is 0 Å². The number of aliphatic hydroxyl groups excluding tert-OH is 2. The minimum Gasteiger partial charge on any atom is -0.389 e. The normalized spacial score (nSPS) is 14.0. The van der Waals surface area contributed by atoms with Crippen LogP contribution in [0.3, 0.4) is 0 Å². The van der Waals surface area contributed by atoms with Crippen molar-refractivity contribution < 1.29 is 10.2 Å². The molecule has 3 nitrogen and oxygen atoms in total. The van der Waals surface area contributed by atoms with E-state index in [0.717, 1.165) is 13.0 Å². The highest BCUT2D eigenvalue weighted by Crippen LogP contribution is 2.13. The van der Waals surface area contributed by atoms with Crippen LogP contribution in [0.2, 0.25) is 0 Å². The fourth-order valence-corrected chi connectivity index (χ4v) is 3.09. The Labute approximate surface area is 151 Å². The van der Waals surface area contributed by atoms with Crippen molar-refractivity contribution in [1.82, 2.24) is 5.32 Å². The van der Waals surface area contributed by atoms with Gasteiger partial charge in [0.25, 0.3) is 0 Å². The Morgan fingerprint density at radius 2 is 0.917 bits per heavy atom. The van der Waals surface area contributed by atoms with Crippen LogP contribution < -0.4 is 5.32 Å². The first-order chi connectivity index (χ1) is 11.7. The van der Waals surface area contributed by atoms with Crippen molar-refractivity contribution >= 4 is 0 Å². The van der Waals surface area contributed by atoms with Crippen LogP contribution >= 0.6 is 0 Å². The standard InChI is InChI=1S/C21H45NO2/c1-3-4-5-6-7-8-9-10-11-12-13-14-15-16-17-18-19-22-21(24)20(2)23/h20-24H,3-19H2,1-2H3. The van der Waals surface area contributed by atoms with E-state index < -0.39 is 12.3 Å². The summed E-state index contributed by atoms with van der Waals surface area (Å²) in [6.07, 6.45) is 20.5. The lowest BCUT2D eigenvalue weighted by atomic mass is 10.0. The van der Waals surface area contributed by atoms with Gasteiger partial charge in [0.15, 0.2) is 0 Å². The maximum Gasteiger partial charge on any atom is 0.130 e. The van der Waals surface area contributed by atoms with Gasteiger partial charge in [0.1, 0.15) is 6.23 Å². The van der Waals surface area contributed by atoms with Crippen molar-refractivity contribution in [3.05, 3.63) is 0 Å². The third-order valence-electron chi connectivity index (χ3n) is 4.84. The predicted octanol–water partition coefficient (Wildman–Crippen LogP) is 5.54. The van der Waals surface area contributed by atoms with Gasteiger partial charge in [0.05, 0.1) is 6.10 Å². The molecule has 3 heteroatoms. The van der Waals surface area contributed by atoms with Gasteiger partial charge >= 0.3 is 0 Å². The summed E-state index contributed by atoms with van der Waals surface area (Å²) in [4.78, 5) is 0. The minimum absolute atomic E-state index is 0.689. The van der Waals surface area contributed by atoms with Crippen molar-refractivity contribution in [2.45, 2.75) is 129 Å². The van der Waals surface area contributed by atoms with E-state index in [-0.39, 0.29) is 0 Å². The van der Waals surface area contributed by atoms with E-state index in [4.69, 9.17) is 5.11 Å². The Balaban J connectivity index is 3.03. The molecule has 2 atom stereocenters. The van der Waals surface area contributed by atoms with Crippen molar-refractivity contribution in [3.8, 4) is 0 Å². The Morgan fingerprint density at radius 1 is 0.583 bits per heavy atom. The SMILES string of the molecule is CCCCCCCCCCCCCCCCCCNC(O)C(C)O. The van der Waals surface area contributed by atoms with Crippen molar-refractivity contribution in [2.75, 3.05) is 6.54 Å². The van der Waals surface area contributed by atoms with Crippen LogP contribution in [0.25, 0.3) is 0 Å². The molecule has 0 aromatic rings. The van der Waals surface area contributed by atoms with Gasteiger partial charge in [-0.1, -0.05) is 103 Å². The molecule has 3 N–H and O–H groups in total. The Bertz CT molecular complexity index is 234. The molecule has 0 amide bonds. The van der Waals surface area contributed by atoms with Crippen LogP contribution in [0.15, 0.2) is 0 Å². The number of aliphatic hydroxyl groups is 2. The summed E-state index contributed by atoms with van der Waals surface area (Å²) in [6.45, 7) is 4.68. The van der Waals surface area contributed by atoms with Gasteiger partial charge in [-0.25, -0.2) is 0 Å². The van der Waals surface area contributed by atoms with E-state index in [2.05, 4.69) is 12.2 Å². The quantitative estimate of drug-likeness (QED) is 0.213. The van der Waals surface area contributed by atoms with E-state index in [0.29, 0.717) is 0 Å².